The molecule has 0 radical (unpaired) electrons. The van der Waals surface area contributed by atoms with Gasteiger partial charge in [0.1, 0.15) is 5.69 Å². The zero-order valence-electron chi connectivity index (χ0n) is 8.94. The van der Waals surface area contributed by atoms with Crippen molar-refractivity contribution in [2.24, 2.45) is 0 Å². The van der Waals surface area contributed by atoms with Crippen molar-refractivity contribution in [3.8, 4) is 0 Å². The first-order valence-electron chi connectivity index (χ1n) is 4.89. The lowest BCUT2D eigenvalue weighted by Crippen LogP contribution is -2.14. The Morgan fingerprint density at radius 3 is 2.33 bits per heavy atom. The summed E-state index contributed by atoms with van der Waals surface area (Å²) >= 11 is 0. The molecule has 9 heteroatoms. The average molecular weight is 273 g/mol. The Labute approximate surface area is 98.2 Å². The van der Waals surface area contributed by atoms with Crippen LogP contribution in [0.5, 0.6) is 0 Å². The van der Waals surface area contributed by atoms with Gasteiger partial charge in [-0.3, -0.25) is 0 Å². The van der Waals surface area contributed by atoms with Crippen LogP contribution in [0.2, 0.25) is 0 Å². The molecular formula is C9H9F6N3. The third-order valence-electron chi connectivity index (χ3n) is 1.87. The summed E-state index contributed by atoms with van der Waals surface area (Å²) in [6, 6.07) is 0.681. The van der Waals surface area contributed by atoms with Gasteiger partial charge in [0.2, 0.25) is 5.95 Å². The molecule has 1 heterocycles. The summed E-state index contributed by atoms with van der Waals surface area (Å²) in [6.07, 6.45) is -9.27. The van der Waals surface area contributed by atoms with Crippen LogP contribution in [0.15, 0.2) is 12.3 Å². The summed E-state index contributed by atoms with van der Waals surface area (Å²) < 4.78 is 72.1. The zero-order chi connectivity index (χ0) is 13.8. The summed E-state index contributed by atoms with van der Waals surface area (Å²) in [7, 11) is 0. The van der Waals surface area contributed by atoms with E-state index in [1.54, 1.807) is 0 Å². The number of nitrogens with zero attached hydrogens (tertiary/aromatic N) is 2. The summed E-state index contributed by atoms with van der Waals surface area (Å²) in [4.78, 5) is 6.63. The molecule has 0 spiro atoms. The maximum absolute atomic E-state index is 12.2. The molecule has 1 rings (SSSR count). The van der Waals surface area contributed by atoms with Gasteiger partial charge in [-0.15, -0.1) is 0 Å². The van der Waals surface area contributed by atoms with Crippen LogP contribution in [0.25, 0.3) is 0 Å². The molecule has 18 heavy (non-hydrogen) atoms. The Hall–Kier alpha value is -1.54. The Morgan fingerprint density at radius 2 is 1.78 bits per heavy atom. The van der Waals surface area contributed by atoms with Crippen molar-refractivity contribution in [1.82, 2.24) is 9.97 Å². The van der Waals surface area contributed by atoms with E-state index >= 15 is 0 Å². The number of alkyl halides is 6. The van der Waals surface area contributed by atoms with E-state index in [1.807, 2.05) is 0 Å². The lowest BCUT2D eigenvalue weighted by atomic mass is 10.3. The van der Waals surface area contributed by atoms with Gasteiger partial charge >= 0.3 is 12.4 Å². The normalized spacial score (nSPS) is 12.6. The maximum atomic E-state index is 12.2. The highest BCUT2D eigenvalue weighted by Crippen LogP contribution is 2.27. The number of nitrogens with one attached hydrogen (secondary N) is 1. The minimum absolute atomic E-state index is 0.152. The van der Waals surface area contributed by atoms with Gasteiger partial charge in [-0.05, 0) is 12.5 Å². The van der Waals surface area contributed by atoms with Crippen molar-refractivity contribution in [3.63, 3.8) is 0 Å². The first-order valence-corrected chi connectivity index (χ1v) is 4.89. The van der Waals surface area contributed by atoms with E-state index in [1.165, 1.54) is 0 Å². The van der Waals surface area contributed by atoms with Gasteiger partial charge in [0.05, 0.1) is 0 Å². The molecule has 1 N–H and O–H groups in total. The molecule has 1 aromatic rings. The predicted molar refractivity (Wildman–Crippen MR) is 50.8 cm³/mol. The third kappa shape index (κ3) is 5.19. The predicted octanol–water partition coefficient (Wildman–Crippen LogP) is 3.25. The van der Waals surface area contributed by atoms with Crippen molar-refractivity contribution >= 4 is 5.95 Å². The molecule has 0 unspecified atom stereocenters. The van der Waals surface area contributed by atoms with Crippen LogP contribution >= 0.6 is 0 Å². The van der Waals surface area contributed by atoms with E-state index in [-0.39, 0.29) is 18.9 Å². The maximum Gasteiger partial charge on any atom is 0.433 e. The Bertz CT molecular complexity index is 387. The van der Waals surface area contributed by atoms with Gasteiger partial charge in [0.15, 0.2) is 0 Å². The minimum atomic E-state index is -4.61. The number of aromatic nitrogens is 2. The fourth-order valence-corrected chi connectivity index (χ4v) is 1.09. The molecular weight excluding hydrogens is 264 g/mol. The number of halogens is 6. The van der Waals surface area contributed by atoms with E-state index in [0.717, 1.165) is 6.20 Å². The molecule has 0 aromatic carbocycles. The fraction of sp³-hybridized carbons (Fsp3) is 0.556. The minimum Gasteiger partial charge on any atom is -0.354 e. The van der Waals surface area contributed by atoms with Crippen LogP contribution in [-0.2, 0) is 6.18 Å². The summed E-state index contributed by atoms with van der Waals surface area (Å²) in [5, 5.41) is 2.31. The van der Waals surface area contributed by atoms with Gasteiger partial charge in [0, 0.05) is 19.2 Å². The summed E-state index contributed by atoms with van der Waals surface area (Å²) in [6.45, 7) is -0.152. The van der Waals surface area contributed by atoms with Crippen LogP contribution < -0.4 is 5.32 Å². The van der Waals surface area contributed by atoms with Crippen LogP contribution in [-0.4, -0.2) is 22.7 Å². The number of hydrogen-bond donors (Lipinski definition) is 1. The lowest BCUT2D eigenvalue weighted by molar-refractivity contribution is -0.141. The second kappa shape index (κ2) is 5.40. The second-order valence-corrected chi connectivity index (χ2v) is 3.41. The summed E-state index contributed by atoms with van der Waals surface area (Å²) in [5.74, 6) is -0.341. The SMILES string of the molecule is FC(F)(F)CCCNc1nccc(C(F)(F)F)n1. The van der Waals surface area contributed by atoms with Crippen LogP contribution in [0.3, 0.4) is 0 Å². The number of anilines is 1. The topological polar surface area (TPSA) is 37.8 Å². The van der Waals surface area contributed by atoms with Crippen molar-refractivity contribution in [2.75, 3.05) is 11.9 Å². The van der Waals surface area contributed by atoms with Gasteiger partial charge in [-0.2, -0.15) is 26.3 Å². The van der Waals surface area contributed by atoms with Crippen LogP contribution in [0.4, 0.5) is 32.3 Å². The molecule has 0 aliphatic rings. The molecule has 0 fully saturated rings. The van der Waals surface area contributed by atoms with E-state index in [2.05, 4.69) is 15.3 Å². The third-order valence-corrected chi connectivity index (χ3v) is 1.87. The largest absolute Gasteiger partial charge is 0.433 e. The van der Waals surface area contributed by atoms with E-state index in [4.69, 9.17) is 0 Å². The molecule has 0 aliphatic carbocycles. The quantitative estimate of drug-likeness (QED) is 0.676. The highest BCUT2D eigenvalue weighted by Gasteiger charge is 2.32. The van der Waals surface area contributed by atoms with Gasteiger partial charge in [0.25, 0.3) is 0 Å². The number of rotatable bonds is 4. The molecule has 0 bridgehead atoms. The van der Waals surface area contributed by atoms with Gasteiger partial charge in [-0.25, -0.2) is 9.97 Å². The Morgan fingerprint density at radius 1 is 1.11 bits per heavy atom. The first-order chi connectivity index (χ1) is 8.18. The standard InChI is InChI=1S/C9H9F6N3/c10-8(11,12)3-1-4-16-7-17-5-2-6(18-7)9(13,14)15/h2,5H,1,3-4H2,(H,16,17,18). The van der Waals surface area contributed by atoms with Crippen LogP contribution in [0, 0.1) is 0 Å². The number of hydrogen-bond acceptors (Lipinski definition) is 3. The molecule has 0 saturated carbocycles. The van der Waals surface area contributed by atoms with E-state index in [0.29, 0.717) is 6.07 Å². The monoisotopic (exact) mass is 273 g/mol. The lowest BCUT2D eigenvalue weighted by Gasteiger charge is -2.09. The second-order valence-electron chi connectivity index (χ2n) is 3.41. The van der Waals surface area contributed by atoms with Gasteiger partial charge < -0.3 is 5.32 Å². The summed E-state index contributed by atoms with van der Waals surface area (Å²) in [5.41, 5.74) is -1.14. The first kappa shape index (κ1) is 14.5. The molecule has 3 nitrogen and oxygen atoms in total. The molecule has 102 valence electrons. The van der Waals surface area contributed by atoms with E-state index < -0.39 is 24.5 Å². The van der Waals surface area contributed by atoms with Crippen molar-refractivity contribution in [1.29, 1.82) is 0 Å². The smallest absolute Gasteiger partial charge is 0.354 e. The molecule has 1 aromatic heterocycles. The van der Waals surface area contributed by atoms with E-state index in [9.17, 15) is 26.3 Å². The van der Waals surface area contributed by atoms with Crippen LogP contribution in [0.1, 0.15) is 18.5 Å². The molecule has 0 saturated heterocycles. The molecule has 0 amide bonds. The zero-order valence-corrected chi connectivity index (χ0v) is 8.94. The Kier molecular flexibility index (Phi) is 4.36. The Balaban J connectivity index is 2.49. The van der Waals surface area contributed by atoms with Crippen molar-refractivity contribution in [3.05, 3.63) is 18.0 Å². The molecule has 0 atom stereocenters. The highest BCUT2D eigenvalue weighted by atomic mass is 19.4. The van der Waals surface area contributed by atoms with Gasteiger partial charge in [-0.1, -0.05) is 0 Å². The van der Waals surface area contributed by atoms with Crippen molar-refractivity contribution < 1.29 is 26.3 Å². The highest BCUT2D eigenvalue weighted by molar-refractivity contribution is 5.25. The molecule has 0 aliphatic heterocycles. The van der Waals surface area contributed by atoms with Crippen molar-refractivity contribution in [2.45, 2.75) is 25.2 Å². The average Bonchev–Trinajstić information content (AvgIpc) is 2.22. The fourth-order valence-electron chi connectivity index (χ4n) is 1.09.